The molecule has 7 nitrogen and oxygen atoms in total. The maximum absolute atomic E-state index is 13.7. The van der Waals surface area contributed by atoms with E-state index in [1.807, 2.05) is 0 Å². The van der Waals surface area contributed by atoms with E-state index >= 15 is 0 Å². The van der Waals surface area contributed by atoms with Crippen LogP contribution in [0, 0.1) is 0 Å². The number of alkyl halides is 2. The van der Waals surface area contributed by atoms with Crippen LogP contribution >= 0.6 is 0 Å². The van der Waals surface area contributed by atoms with Crippen molar-refractivity contribution in [3.8, 4) is 0 Å². The number of carbonyl (C=O) groups excluding carboxylic acids is 2. The van der Waals surface area contributed by atoms with E-state index in [1.165, 1.54) is 15.8 Å². The molecule has 1 aromatic heterocycles. The molecule has 2 saturated heterocycles. The summed E-state index contributed by atoms with van der Waals surface area (Å²) in [5.41, 5.74) is 0.218. The van der Waals surface area contributed by atoms with Gasteiger partial charge in [-0.2, -0.15) is 0 Å². The van der Waals surface area contributed by atoms with Crippen molar-refractivity contribution < 1.29 is 18.4 Å². The van der Waals surface area contributed by atoms with E-state index in [4.69, 9.17) is 0 Å². The lowest BCUT2D eigenvalue weighted by Gasteiger charge is -2.23. The smallest absolute Gasteiger partial charge is 0.276 e. The van der Waals surface area contributed by atoms with E-state index in [9.17, 15) is 18.4 Å². The van der Waals surface area contributed by atoms with E-state index < -0.39 is 24.9 Å². The average Bonchev–Trinajstić information content (AvgIpc) is 3.26. The molecule has 1 unspecified atom stereocenters. The Kier molecular flexibility index (Phi) is 4.51. The van der Waals surface area contributed by atoms with Crippen molar-refractivity contribution in [2.75, 3.05) is 19.6 Å². The molecule has 0 bridgehead atoms. The lowest BCUT2D eigenvalue weighted by atomic mass is 10.2. The van der Waals surface area contributed by atoms with Crippen molar-refractivity contribution in [2.24, 2.45) is 0 Å². The molecule has 0 spiro atoms. The molecule has 0 radical (unpaired) electrons. The highest BCUT2D eigenvalue weighted by molar-refractivity contribution is 5.92. The Balaban J connectivity index is 1.69. The number of rotatable bonds is 4. The molecule has 2 aliphatic rings. The van der Waals surface area contributed by atoms with Gasteiger partial charge in [0, 0.05) is 25.9 Å². The van der Waals surface area contributed by atoms with Gasteiger partial charge in [-0.3, -0.25) is 9.59 Å². The van der Waals surface area contributed by atoms with Crippen molar-refractivity contribution in [2.45, 2.75) is 51.1 Å². The standard InChI is InChI=1S/C15H21F2N5O2/c1-2-13(23)22-10-15(16,17)7-11(22)8-21-9-12(18-19-21)14(24)20-5-3-4-6-20/h9,11H,2-8,10H2,1H3. The van der Waals surface area contributed by atoms with Crippen LogP contribution < -0.4 is 0 Å². The molecule has 132 valence electrons. The van der Waals surface area contributed by atoms with Crippen molar-refractivity contribution in [1.82, 2.24) is 24.8 Å². The zero-order chi connectivity index (χ0) is 17.3. The Hall–Kier alpha value is -2.06. The van der Waals surface area contributed by atoms with Gasteiger partial charge in [0.1, 0.15) is 0 Å². The van der Waals surface area contributed by atoms with Crippen LogP contribution in [-0.4, -0.2) is 68.2 Å². The van der Waals surface area contributed by atoms with E-state index in [2.05, 4.69) is 10.3 Å². The Morgan fingerprint density at radius 2 is 2.04 bits per heavy atom. The van der Waals surface area contributed by atoms with E-state index in [-0.39, 0.29) is 30.5 Å². The van der Waals surface area contributed by atoms with Crippen LogP contribution in [0.3, 0.4) is 0 Å². The number of amides is 2. The molecular weight excluding hydrogens is 320 g/mol. The second-order valence-electron chi connectivity index (χ2n) is 6.41. The van der Waals surface area contributed by atoms with Gasteiger partial charge in [0.25, 0.3) is 11.8 Å². The fourth-order valence-electron chi connectivity index (χ4n) is 3.34. The summed E-state index contributed by atoms with van der Waals surface area (Å²) in [6.45, 7) is 2.62. The number of hydrogen-bond acceptors (Lipinski definition) is 4. The third-order valence-corrected chi connectivity index (χ3v) is 4.55. The molecule has 1 aromatic rings. The number of likely N-dealkylation sites (tertiary alicyclic amines) is 2. The van der Waals surface area contributed by atoms with Crippen molar-refractivity contribution in [3.63, 3.8) is 0 Å². The van der Waals surface area contributed by atoms with Crippen molar-refractivity contribution in [3.05, 3.63) is 11.9 Å². The first-order valence-electron chi connectivity index (χ1n) is 8.26. The molecule has 2 amide bonds. The summed E-state index contributed by atoms with van der Waals surface area (Å²) in [4.78, 5) is 27.0. The summed E-state index contributed by atoms with van der Waals surface area (Å²) in [7, 11) is 0. The molecule has 0 aromatic carbocycles. The van der Waals surface area contributed by atoms with Gasteiger partial charge in [-0.05, 0) is 12.8 Å². The van der Waals surface area contributed by atoms with Gasteiger partial charge < -0.3 is 9.80 Å². The fraction of sp³-hybridized carbons (Fsp3) is 0.733. The number of halogens is 2. The summed E-state index contributed by atoms with van der Waals surface area (Å²) < 4.78 is 28.7. The van der Waals surface area contributed by atoms with E-state index in [1.54, 1.807) is 11.8 Å². The van der Waals surface area contributed by atoms with Gasteiger partial charge in [-0.1, -0.05) is 12.1 Å². The first-order valence-corrected chi connectivity index (χ1v) is 8.26. The highest BCUT2D eigenvalue weighted by Gasteiger charge is 2.46. The number of aromatic nitrogens is 3. The normalized spacial score (nSPS) is 23.0. The van der Waals surface area contributed by atoms with Crippen LogP contribution in [0.25, 0.3) is 0 Å². The Bertz CT molecular complexity index is 627. The fourth-order valence-corrected chi connectivity index (χ4v) is 3.34. The van der Waals surface area contributed by atoms with Crippen LogP contribution in [0.4, 0.5) is 8.78 Å². The molecule has 9 heteroatoms. The second kappa shape index (κ2) is 6.45. The summed E-state index contributed by atoms with van der Waals surface area (Å²) in [5.74, 6) is -3.37. The van der Waals surface area contributed by atoms with Crippen LogP contribution in [0.2, 0.25) is 0 Å². The third-order valence-electron chi connectivity index (χ3n) is 4.55. The number of nitrogens with zero attached hydrogens (tertiary/aromatic N) is 5. The minimum Gasteiger partial charge on any atom is -0.337 e. The van der Waals surface area contributed by atoms with Crippen LogP contribution in [-0.2, 0) is 11.3 Å². The molecular formula is C15H21F2N5O2. The van der Waals surface area contributed by atoms with E-state index in [0.29, 0.717) is 13.1 Å². The molecule has 3 heterocycles. The van der Waals surface area contributed by atoms with Crippen molar-refractivity contribution >= 4 is 11.8 Å². The zero-order valence-corrected chi connectivity index (χ0v) is 13.6. The molecule has 0 N–H and O–H groups in total. The van der Waals surface area contributed by atoms with E-state index in [0.717, 1.165) is 12.8 Å². The Morgan fingerprint density at radius 1 is 1.33 bits per heavy atom. The predicted octanol–water partition coefficient (Wildman–Crippen LogP) is 1.16. The lowest BCUT2D eigenvalue weighted by molar-refractivity contribution is -0.133. The SMILES string of the molecule is CCC(=O)N1CC(F)(F)CC1Cn1cc(C(=O)N2CCCC2)nn1. The van der Waals surface area contributed by atoms with Gasteiger partial charge in [-0.15, -0.1) is 5.10 Å². The molecule has 24 heavy (non-hydrogen) atoms. The van der Waals surface area contributed by atoms with Gasteiger partial charge in [0.2, 0.25) is 5.91 Å². The molecule has 1 atom stereocenters. The highest BCUT2D eigenvalue weighted by atomic mass is 19.3. The van der Waals surface area contributed by atoms with Gasteiger partial charge in [0.15, 0.2) is 5.69 Å². The molecule has 2 aliphatic heterocycles. The zero-order valence-electron chi connectivity index (χ0n) is 13.6. The molecule has 0 aliphatic carbocycles. The summed E-state index contributed by atoms with van der Waals surface area (Å²) in [5, 5.41) is 7.74. The Morgan fingerprint density at radius 3 is 2.71 bits per heavy atom. The minimum absolute atomic E-state index is 0.113. The van der Waals surface area contributed by atoms with Crippen LogP contribution in [0.1, 0.15) is 43.1 Å². The highest BCUT2D eigenvalue weighted by Crippen LogP contribution is 2.33. The maximum Gasteiger partial charge on any atom is 0.276 e. The van der Waals surface area contributed by atoms with Crippen LogP contribution in [0.15, 0.2) is 6.20 Å². The van der Waals surface area contributed by atoms with Gasteiger partial charge in [0.05, 0.1) is 25.3 Å². The summed E-state index contributed by atoms with van der Waals surface area (Å²) >= 11 is 0. The van der Waals surface area contributed by atoms with Gasteiger partial charge in [-0.25, -0.2) is 13.5 Å². The Labute approximate surface area is 138 Å². The molecule has 3 rings (SSSR count). The maximum atomic E-state index is 13.7. The first kappa shape index (κ1) is 16.8. The molecule has 2 fully saturated rings. The summed E-state index contributed by atoms with van der Waals surface area (Å²) in [6, 6.07) is -0.635. The first-order chi connectivity index (χ1) is 11.4. The third kappa shape index (κ3) is 3.39. The summed E-state index contributed by atoms with van der Waals surface area (Å²) in [6.07, 6.45) is 3.22. The van der Waals surface area contributed by atoms with Gasteiger partial charge >= 0.3 is 0 Å². The topological polar surface area (TPSA) is 71.3 Å². The second-order valence-corrected chi connectivity index (χ2v) is 6.41. The van der Waals surface area contributed by atoms with Crippen molar-refractivity contribution in [1.29, 1.82) is 0 Å². The monoisotopic (exact) mass is 341 g/mol. The van der Waals surface area contributed by atoms with Crippen LogP contribution in [0.5, 0.6) is 0 Å². The quantitative estimate of drug-likeness (QED) is 0.824. The molecule has 0 saturated carbocycles. The number of hydrogen-bond donors (Lipinski definition) is 0. The predicted molar refractivity (Wildman–Crippen MR) is 80.5 cm³/mol. The number of carbonyl (C=O) groups is 2. The lowest BCUT2D eigenvalue weighted by Crippen LogP contribution is -2.38. The largest absolute Gasteiger partial charge is 0.337 e. The minimum atomic E-state index is -2.88. The average molecular weight is 341 g/mol.